The van der Waals surface area contributed by atoms with Gasteiger partial charge < -0.3 is 11.1 Å². The van der Waals surface area contributed by atoms with Gasteiger partial charge in [0.1, 0.15) is 0 Å². The smallest absolute Gasteiger partial charge is 0.234 e. The van der Waals surface area contributed by atoms with Crippen molar-refractivity contribution in [3.05, 3.63) is 0 Å². The molecule has 0 aliphatic rings. The van der Waals surface area contributed by atoms with E-state index in [9.17, 15) is 4.79 Å². The van der Waals surface area contributed by atoms with Gasteiger partial charge in [0.05, 0.1) is 6.54 Å². The Morgan fingerprint density at radius 2 is 1.72 bits per heavy atom. The number of nitrogens with two attached hydrogens (primary N) is 1. The van der Waals surface area contributed by atoms with E-state index in [-0.39, 0.29) is 36.8 Å². The van der Waals surface area contributed by atoms with Crippen molar-refractivity contribution in [3.63, 3.8) is 0 Å². The summed E-state index contributed by atoms with van der Waals surface area (Å²) in [6, 6.07) is 0.114. The Labute approximate surface area is 124 Å². The third-order valence-electron chi connectivity index (χ3n) is 2.67. The van der Waals surface area contributed by atoms with Crippen molar-refractivity contribution in [2.75, 3.05) is 26.2 Å². The second-order valence-corrected chi connectivity index (χ2v) is 4.59. The SMILES string of the molecule is CCN(CC)CC(=O)NC(CN)CC(C)C.Cl.Cl. The number of halogens is 2. The highest BCUT2D eigenvalue weighted by Gasteiger charge is 2.13. The van der Waals surface area contributed by atoms with Crippen molar-refractivity contribution in [2.24, 2.45) is 11.7 Å². The van der Waals surface area contributed by atoms with Crippen molar-refractivity contribution in [1.82, 2.24) is 10.2 Å². The Morgan fingerprint density at radius 3 is 2.06 bits per heavy atom. The number of hydrogen-bond acceptors (Lipinski definition) is 3. The summed E-state index contributed by atoms with van der Waals surface area (Å²) >= 11 is 0. The third kappa shape index (κ3) is 11.1. The van der Waals surface area contributed by atoms with Crippen LogP contribution < -0.4 is 11.1 Å². The predicted octanol–water partition coefficient (Wildman–Crippen LogP) is 1.66. The molecule has 0 rings (SSSR count). The Hall–Kier alpha value is -0.0300. The molecule has 0 saturated carbocycles. The molecule has 0 bridgehead atoms. The number of hydrogen-bond donors (Lipinski definition) is 2. The molecular formula is C12H29Cl2N3O. The summed E-state index contributed by atoms with van der Waals surface area (Å²) < 4.78 is 0. The van der Waals surface area contributed by atoms with Crippen LogP contribution in [0.5, 0.6) is 0 Å². The van der Waals surface area contributed by atoms with Crippen LogP contribution in [0, 0.1) is 5.92 Å². The Balaban J connectivity index is -0.00000112. The summed E-state index contributed by atoms with van der Waals surface area (Å²) in [6.45, 7) is 11.2. The highest BCUT2D eigenvalue weighted by Crippen LogP contribution is 2.03. The standard InChI is InChI=1S/C12H27N3O.2ClH/c1-5-15(6-2)9-12(16)14-11(8-13)7-10(3)4;;/h10-11H,5-9,13H2,1-4H3,(H,14,16);2*1H. The van der Waals surface area contributed by atoms with E-state index in [0.29, 0.717) is 19.0 Å². The normalized spacial score (nSPS) is 11.7. The van der Waals surface area contributed by atoms with E-state index >= 15 is 0 Å². The molecule has 4 nitrogen and oxygen atoms in total. The molecule has 0 aromatic rings. The average Bonchev–Trinajstić information content (AvgIpc) is 2.24. The largest absolute Gasteiger partial charge is 0.351 e. The molecule has 1 amide bonds. The lowest BCUT2D eigenvalue weighted by Gasteiger charge is -2.22. The zero-order chi connectivity index (χ0) is 12.6. The third-order valence-corrected chi connectivity index (χ3v) is 2.67. The molecule has 0 aliphatic carbocycles. The molecule has 0 aromatic heterocycles. The zero-order valence-electron chi connectivity index (χ0n) is 11.9. The van der Waals surface area contributed by atoms with Gasteiger partial charge in [-0.1, -0.05) is 27.7 Å². The van der Waals surface area contributed by atoms with Gasteiger partial charge in [-0.05, 0) is 25.4 Å². The molecule has 3 N–H and O–H groups in total. The molecule has 0 heterocycles. The van der Waals surface area contributed by atoms with E-state index in [0.717, 1.165) is 19.5 Å². The quantitative estimate of drug-likeness (QED) is 0.717. The number of likely N-dealkylation sites (N-methyl/N-ethyl adjacent to an activating group) is 1. The van der Waals surface area contributed by atoms with Gasteiger partial charge >= 0.3 is 0 Å². The molecule has 0 spiro atoms. The number of nitrogens with one attached hydrogen (secondary N) is 1. The van der Waals surface area contributed by atoms with Crippen molar-refractivity contribution >= 4 is 30.7 Å². The van der Waals surface area contributed by atoms with Gasteiger partial charge in [0.15, 0.2) is 0 Å². The fourth-order valence-electron chi connectivity index (χ4n) is 1.71. The second kappa shape index (κ2) is 13.4. The lowest BCUT2D eigenvalue weighted by atomic mass is 10.0. The molecule has 1 atom stereocenters. The van der Waals surface area contributed by atoms with E-state index in [2.05, 4.69) is 37.9 Å². The minimum absolute atomic E-state index is 0. The molecule has 6 heteroatoms. The Kier molecular flexibility index (Phi) is 17.2. The van der Waals surface area contributed by atoms with Crippen LogP contribution >= 0.6 is 24.8 Å². The fourth-order valence-corrected chi connectivity index (χ4v) is 1.71. The maximum atomic E-state index is 11.7. The molecular weight excluding hydrogens is 273 g/mol. The van der Waals surface area contributed by atoms with Gasteiger partial charge in [-0.25, -0.2) is 0 Å². The predicted molar refractivity (Wildman–Crippen MR) is 82.7 cm³/mol. The van der Waals surface area contributed by atoms with Gasteiger partial charge in [0, 0.05) is 12.6 Å². The van der Waals surface area contributed by atoms with Crippen LogP contribution in [-0.2, 0) is 4.79 Å². The van der Waals surface area contributed by atoms with Crippen molar-refractivity contribution < 1.29 is 4.79 Å². The molecule has 18 heavy (non-hydrogen) atoms. The van der Waals surface area contributed by atoms with E-state index < -0.39 is 0 Å². The van der Waals surface area contributed by atoms with Crippen LogP contribution in [0.4, 0.5) is 0 Å². The highest BCUT2D eigenvalue weighted by atomic mass is 35.5. The van der Waals surface area contributed by atoms with E-state index in [1.807, 2.05) is 0 Å². The van der Waals surface area contributed by atoms with Crippen LogP contribution in [-0.4, -0.2) is 43.0 Å². The van der Waals surface area contributed by atoms with Gasteiger partial charge in [-0.2, -0.15) is 0 Å². The Morgan fingerprint density at radius 1 is 1.22 bits per heavy atom. The lowest BCUT2D eigenvalue weighted by Crippen LogP contribution is -2.45. The Bertz CT molecular complexity index is 200. The maximum absolute atomic E-state index is 11.7. The second-order valence-electron chi connectivity index (χ2n) is 4.59. The molecule has 0 fully saturated rings. The summed E-state index contributed by atoms with van der Waals surface area (Å²) in [6.07, 6.45) is 0.945. The zero-order valence-corrected chi connectivity index (χ0v) is 13.6. The highest BCUT2D eigenvalue weighted by molar-refractivity contribution is 5.85. The summed E-state index contributed by atoms with van der Waals surface area (Å²) in [5, 5.41) is 2.99. The van der Waals surface area contributed by atoms with Gasteiger partial charge in [-0.3, -0.25) is 9.69 Å². The van der Waals surface area contributed by atoms with Crippen molar-refractivity contribution in [3.8, 4) is 0 Å². The maximum Gasteiger partial charge on any atom is 0.234 e. The summed E-state index contributed by atoms with van der Waals surface area (Å²) in [4.78, 5) is 13.8. The van der Waals surface area contributed by atoms with E-state index in [4.69, 9.17) is 5.73 Å². The molecule has 0 aliphatic heterocycles. The summed E-state index contributed by atoms with van der Waals surface area (Å²) in [7, 11) is 0. The van der Waals surface area contributed by atoms with Crippen LogP contribution in [0.1, 0.15) is 34.1 Å². The number of rotatable bonds is 8. The monoisotopic (exact) mass is 301 g/mol. The molecule has 0 aromatic carbocycles. The minimum atomic E-state index is 0. The number of carbonyl (C=O) groups excluding carboxylic acids is 1. The molecule has 112 valence electrons. The van der Waals surface area contributed by atoms with E-state index in [1.165, 1.54) is 0 Å². The number of amides is 1. The van der Waals surface area contributed by atoms with Crippen molar-refractivity contribution in [1.29, 1.82) is 0 Å². The molecule has 0 radical (unpaired) electrons. The van der Waals surface area contributed by atoms with Crippen molar-refractivity contribution in [2.45, 2.75) is 40.2 Å². The average molecular weight is 302 g/mol. The van der Waals surface area contributed by atoms with Crippen LogP contribution in [0.15, 0.2) is 0 Å². The summed E-state index contributed by atoms with van der Waals surface area (Å²) in [5.74, 6) is 0.641. The fraction of sp³-hybridized carbons (Fsp3) is 0.917. The van der Waals surface area contributed by atoms with Gasteiger partial charge in [-0.15, -0.1) is 24.8 Å². The van der Waals surface area contributed by atoms with Gasteiger partial charge in [0.25, 0.3) is 0 Å². The molecule has 1 unspecified atom stereocenters. The number of nitrogens with zero attached hydrogens (tertiary/aromatic N) is 1. The minimum Gasteiger partial charge on any atom is -0.351 e. The first-order valence-electron chi connectivity index (χ1n) is 6.25. The first-order valence-corrected chi connectivity index (χ1v) is 6.25. The lowest BCUT2D eigenvalue weighted by molar-refractivity contribution is -0.122. The topological polar surface area (TPSA) is 58.4 Å². The number of carbonyl (C=O) groups is 1. The summed E-state index contributed by atoms with van der Waals surface area (Å²) in [5.41, 5.74) is 5.64. The molecule has 0 saturated heterocycles. The van der Waals surface area contributed by atoms with E-state index in [1.54, 1.807) is 0 Å². The first kappa shape index (κ1) is 23.1. The van der Waals surface area contributed by atoms with Gasteiger partial charge in [0.2, 0.25) is 5.91 Å². The van der Waals surface area contributed by atoms with Crippen LogP contribution in [0.25, 0.3) is 0 Å². The van der Waals surface area contributed by atoms with Crippen LogP contribution in [0.2, 0.25) is 0 Å². The first-order chi connectivity index (χ1) is 7.53. The van der Waals surface area contributed by atoms with Crippen LogP contribution in [0.3, 0.4) is 0 Å².